The van der Waals surface area contributed by atoms with Gasteiger partial charge >= 0.3 is 0 Å². The Morgan fingerprint density at radius 1 is 1.12 bits per heavy atom. The van der Waals surface area contributed by atoms with Gasteiger partial charge < -0.3 is 26.0 Å². The maximum absolute atomic E-state index is 13.7. The third-order valence-corrected chi connectivity index (χ3v) is 9.00. The summed E-state index contributed by atoms with van der Waals surface area (Å²) in [6, 6.07) is 9.12. The van der Waals surface area contributed by atoms with E-state index in [9.17, 15) is 14.7 Å². The fourth-order valence-electron chi connectivity index (χ4n) is 5.99. The molecule has 8 nitrogen and oxygen atoms in total. The summed E-state index contributed by atoms with van der Waals surface area (Å²) in [7, 11) is 3.42. The minimum Gasteiger partial charge on any atom is -0.390 e. The van der Waals surface area contributed by atoms with Gasteiger partial charge in [0.25, 0.3) is 11.8 Å². The molecule has 43 heavy (non-hydrogen) atoms. The molecule has 0 saturated heterocycles. The van der Waals surface area contributed by atoms with Crippen LogP contribution >= 0.6 is 0 Å². The van der Waals surface area contributed by atoms with E-state index in [1.165, 1.54) is 23.3 Å². The quantitative estimate of drug-likeness (QED) is 0.348. The van der Waals surface area contributed by atoms with Gasteiger partial charge in [0.2, 0.25) is 0 Å². The lowest BCUT2D eigenvalue weighted by Gasteiger charge is -2.29. The molecule has 1 aromatic carbocycles. The normalized spacial score (nSPS) is 22.2. The van der Waals surface area contributed by atoms with Gasteiger partial charge in [-0.3, -0.25) is 14.6 Å². The summed E-state index contributed by atoms with van der Waals surface area (Å²) in [6.45, 7) is 9.97. The Bertz CT molecular complexity index is 1250. The van der Waals surface area contributed by atoms with Gasteiger partial charge in [-0.2, -0.15) is 0 Å². The smallest absolute Gasteiger partial charge is 0.253 e. The first-order valence-electron chi connectivity index (χ1n) is 16.2. The van der Waals surface area contributed by atoms with Crippen molar-refractivity contribution in [2.45, 2.75) is 109 Å². The van der Waals surface area contributed by atoms with E-state index in [-0.39, 0.29) is 22.8 Å². The second-order valence-corrected chi connectivity index (χ2v) is 14.1. The molecule has 4 rings (SSSR count). The molecule has 1 aromatic heterocycles. The number of aliphatic hydroxyl groups is 1. The standard InChI is InChI=1S/C35H53N5O3/c1-24-12-10-8-7-9-11-16-36-28-20-25(19-26(21-28)33(43)40(5)6)32(42)39-29(18-24)30(41)23-38-35(14-15-35)31-22-27(13-17-37-31)34(2,3)4/h13,17,19-22,24,29-30,36,38,41H,7-12,14-16,18,23H2,1-6H3,(H,39,42)/t24-,29+,30-/m1/s1. The van der Waals surface area contributed by atoms with Crippen molar-refractivity contribution in [3.8, 4) is 0 Å². The van der Waals surface area contributed by atoms with E-state index in [0.717, 1.165) is 56.5 Å². The Balaban J connectivity index is 1.54. The summed E-state index contributed by atoms with van der Waals surface area (Å²) in [5.74, 6) is -0.0763. The van der Waals surface area contributed by atoms with Gasteiger partial charge in [0, 0.05) is 50.2 Å². The predicted molar refractivity (Wildman–Crippen MR) is 174 cm³/mol. The van der Waals surface area contributed by atoms with Gasteiger partial charge in [-0.05, 0) is 72.9 Å². The lowest BCUT2D eigenvalue weighted by Crippen LogP contribution is -2.50. The topological polar surface area (TPSA) is 107 Å². The Labute approximate surface area is 258 Å². The second kappa shape index (κ2) is 14.2. The minimum atomic E-state index is -0.780. The van der Waals surface area contributed by atoms with Gasteiger partial charge in [0.1, 0.15) is 0 Å². The van der Waals surface area contributed by atoms with Crippen molar-refractivity contribution in [3.05, 3.63) is 58.9 Å². The van der Waals surface area contributed by atoms with Crippen LogP contribution in [0.3, 0.4) is 0 Å². The zero-order chi connectivity index (χ0) is 31.2. The van der Waals surface area contributed by atoms with Crippen LogP contribution in [-0.4, -0.2) is 66.1 Å². The van der Waals surface area contributed by atoms with Crippen molar-refractivity contribution in [3.63, 3.8) is 0 Å². The van der Waals surface area contributed by atoms with E-state index in [2.05, 4.69) is 55.8 Å². The number of pyridine rings is 1. The maximum atomic E-state index is 13.7. The molecular formula is C35H53N5O3. The fourth-order valence-corrected chi connectivity index (χ4v) is 5.99. The van der Waals surface area contributed by atoms with Crippen LogP contribution in [0.15, 0.2) is 36.5 Å². The third-order valence-electron chi connectivity index (χ3n) is 9.00. The largest absolute Gasteiger partial charge is 0.390 e. The van der Waals surface area contributed by atoms with E-state index in [4.69, 9.17) is 4.98 Å². The molecule has 1 aliphatic heterocycles. The molecule has 2 heterocycles. The van der Waals surface area contributed by atoms with Gasteiger partial charge in [0.15, 0.2) is 0 Å². The average Bonchev–Trinajstić information content (AvgIpc) is 3.76. The number of benzene rings is 1. The van der Waals surface area contributed by atoms with Crippen LogP contribution in [0.1, 0.15) is 117 Å². The van der Waals surface area contributed by atoms with E-state index in [1.807, 2.05) is 18.3 Å². The Morgan fingerprint density at radius 3 is 2.53 bits per heavy atom. The number of anilines is 1. The Kier molecular flexibility index (Phi) is 10.9. The van der Waals surface area contributed by atoms with Crippen LogP contribution in [0.4, 0.5) is 5.69 Å². The van der Waals surface area contributed by atoms with E-state index >= 15 is 0 Å². The molecule has 1 saturated carbocycles. The Morgan fingerprint density at radius 2 is 1.84 bits per heavy atom. The monoisotopic (exact) mass is 591 g/mol. The molecule has 1 aliphatic carbocycles. The molecule has 0 spiro atoms. The highest BCUT2D eigenvalue weighted by Crippen LogP contribution is 2.45. The molecule has 2 bridgehead atoms. The number of rotatable bonds is 6. The highest BCUT2D eigenvalue weighted by molar-refractivity contribution is 6.01. The van der Waals surface area contributed by atoms with Crippen LogP contribution in [0.25, 0.3) is 0 Å². The summed E-state index contributed by atoms with van der Waals surface area (Å²) in [6.07, 6.45) is 10.5. The fraction of sp³-hybridized carbons (Fsp3) is 0.629. The number of hydrogen-bond acceptors (Lipinski definition) is 6. The number of hydrogen-bond donors (Lipinski definition) is 4. The molecule has 0 radical (unpaired) electrons. The van der Waals surface area contributed by atoms with Gasteiger partial charge in [-0.1, -0.05) is 59.8 Å². The van der Waals surface area contributed by atoms with Crippen LogP contribution < -0.4 is 16.0 Å². The van der Waals surface area contributed by atoms with Crippen molar-refractivity contribution in [1.82, 2.24) is 20.5 Å². The molecule has 3 atom stereocenters. The molecule has 1 fully saturated rings. The number of nitrogens with one attached hydrogen (secondary N) is 3. The molecule has 0 unspecified atom stereocenters. The molecule has 8 heteroatoms. The van der Waals surface area contributed by atoms with Crippen molar-refractivity contribution >= 4 is 17.5 Å². The summed E-state index contributed by atoms with van der Waals surface area (Å²) < 4.78 is 0. The third kappa shape index (κ3) is 9.02. The molecule has 236 valence electrons. The second-order valence-electron chi connectivity index (χ2n) is 14.1. The first-order valence-corrected chi connectivity index (χ1v) is 16.2. The SMILES string of the molecule is C[C@@H]1CCCCCCCNc2cc(cc(C(=O)N(C)C)c2)C(=O)N[C@H]([C@H](O)CNC2(c3cc(C(C)(C)C)ccn3)CC2)C1. The zero-order valence-corrected chi connectivity index (χ0v) is 27.1. The van der Waals surface area contributed by atoms with Crippen LogP contribution in [0.5, 0.6) is 0 Å². The first-order chi connectivity index (χ1) is 20.4. The summed E-state index contributed by atoms with van der Waals surface area (Å²) in [5, 5.41) is 21.7. The number of nitrogens with zero attached hydrogens (tertiary/aromatic N) is 2. The molecular weight excluding hydrogens is 538 g/mol. The number of amides is 2. The number of carbonyl (C=O) groups is 2. The lowest BCUT2D eigenvalue weighted by atomic mass is 9.86. The highest BCUT2D eigenvalue weighted by atomic mass is 16.3. The number of carbonyl (C=O) groups excluding carboxylic acids is 2. The molecule has 2 aliphatic rings. The van der Waals surface area contributed by atoms with E-state index < -0.39 is 12.1 Å². The van der Waals surface area contributed by atoms with Gasteiger partial charge in [-0.25, -0.2) is 0 Å². The highest BCUT2D eigenvalue weighted by Gasteiger charge is 2.46. The van der Waals surface area contributed by atoms with E-state index in [1.54, 1.807) is 20.2 Å². The summed E-state index contributed by atoms with van der Waals surface area (Å²) in [4.78, 5) is 32.8. The molecule has 2 aromatic rings. The Hall–Kier alpha value is -2.97. The molecule has 4 N–H and O–H groups in total. The van der Waals surface area contributed by atoms with Gasteiger partial charge in [-0.15, -0.1) is 0 Å². The van der Waals surface area contributed by atoms with Crippen LogP contribution in [-0.2, 0) is 11.0 Å². The van der Waals surface area contributed by atoms with Gasteiger partial charge in [0.05, 0.1) is 23.4 Å². The lowest BCUT2D eigenvalue weighted by molar-refractivity contribution is 0.0782. The van der Waals surface area contributed by atoms with Crippen molar-refractivity contribution in [2.75, 3.05) is 32.5 Å². The van der Waals surface area contributed by atoms with Crippen molar-refractivity contribution < 1.29 is 14.7 Å². The number of fused-ring (bicyclic) bond motifs is 2. The zero-order valence-electron chi connectivity index (χ0n) is 27.1. The van der Waals surface area contributed by atoms with Crippen LogP contribution in [0.2, 0.25) is 0 Å². The summed E-state index contributed by atoms with van der Waals surface area (Å²) in [5.41, 5.74) is 3.70. The first kappa shape index (κ1) is 32.9. The average molecular weight is 592 g/mol. The summed E-state index contributed by atoms with van der Waals surface area (Å²) >= 11 is 0. The molecule has 2 amide bonds. The van der Waals surface area contributed by atoms with Crippen molar-refractivity contribution in [2.24, 2.45) is 5.92 Å². The predicted octanol–water partition coefficient (Wildman–Crippen LogP) is 5.61. The van der Waals surface area contributed by atoms with E-state index in [0.29, 0.717) is 30.0 Å². The van der Waals surface area contributed by atoms with Crippen LogP contribution in [0, 0.1) is 5.92 Å². The number of aliphatic hydroxyl groups excluding tert-OH is 1. The maximum Gasteiger partial charge on any atom is 0.253 e. The van der Waals surface area contributed by atoms with Crippen molar-refractivity contribution in [1.29, 1.82) is 0 Å². The number of aromatic nitrogens is 1. The minimum absolute atomic E-state index is 0.0290.